The van der Waals surface area contributed by atoms with Crippen molar-refractivity contribution in [1.29, 1.82) is 0 Å². The first-order valence-corrected chi connectivity index (χ1v) is 11.6. The van der Waals surface area contributed by atoms with Crippen molar-refractivity contribution in [2.45, 2.75) is 30.3 Å². The molecule has 2 aromatic carbocycles. The predicted octanol–water partition coefficient (Wildman–Crippen LogP) is 3.09. The molecule has 2 N–H and O–H groups in total. The molecule has 0 bridgehead atoms. The normalized spacial score (nSPS) is 20.6. The fourth-order valence-electron chi connectivity index (χ4n) is 3.00. The lowest BCUT2D eigenvalue weighted by Gasteiger charge is -2.29. The van der Waals surface area contributed by atoms with Crippen LogP contribution < -0.4 is 0 Å². The Labute approximate surface area is 195 Å². The maximum absolute atomic E-state index is 10.5. The molecule has 2 unspecified atom stereocenters. The zero-order valence-electron chi connectivity index (χ0n) is 16.9. The number of aryl methyl sites for hydroxylation is 1. The number of rotatable bonds is 5. The lowest BCUT2D eigenvalue weighted by Crippen LogP contribution is -2.34. The van der Waals surface area contributed by atoms with E-state index in [1.54, 1.807) is 41.3 Å². The molecule has 2 heterocycles. The molecule has 0 amide bonds. The maximum Gasteiger partial charge on any atom is 0.294 e. The van der Waals surface area contributed by atoms with Crippen molar-refractivity contribution in [1.82, 2.24) is 14.8 Å². The standard InChI is InChI=1S/C13H13Cl2N3O3.C7H8O3S/c14-9-1-2-11(12(15)3-9)13(6-18-8-16-7-17-18)20-5-10(4-19)21-13;1-6-2-4-7(5-3-6)11(8,9)10/h1-3,7-8,10,19H,4-6H2;2-5H,1H3,(H,8,9,10). The Morgan fingerprint density at radius 3 is 2.47 bits per heavy atom. The highest BCUT2D eigenvalue weighted by atomic mass is 35.5. The summed E-state index contributed by atoms with van der Waals surface area (Å²) in [5, 5.41) is 14.3. The Bertz CT molecular complexity index is 1140. The van der Waals surface area contributed by atoms with Crippen molar-refractivity contribution in [3.05, 3.63) is 76.3 Å². The summed E-state index contributed by atoms with van der Waals surface area (Å²) in [5.41, 5.74) is 1.59. The van der Waals surface area contributed by atoms with Gasteiger partial charge in [0.1, 0.15) is 25.3 Å². The highest BCUT2D eigenvalue weighted by molar-refractivity contribution is 7.85. The molecule has 1 saturated heterocycles. The fourth-order valence-corrected chi connectivity index (χ4v) is 4.03. The Kier molecular flexibility index (Phi) is 7.88. The molecular formula is C20H21Cl2N3O6S. The molecule has 2 atom stereocenters. The highest BCUT2D eigenvalue weighted by Gasteiger charge is 2.45. The third-order valence-electron chi connectivity index (χ3n) is 4.56. The number of ether oxygens (including phenoxy) is 2. The zero-order valence-corrected chi connectivity index (χ0v) is 19.3. The first kappa shape index (κ1) is 24.6. The van der Waals surface area contributed by atoms with Crippen LogP contribution in [0.3, 0.4) is 0 Å². The topological polar surface area (TPSA) is 124 Å². The third-order valence-corrected chi connectivity index (χ3v) is 5.98. The van der Waals surface area contributed by atoms with Crippen LogP contribution >= 0.6 is 23.2 Å². The molecule has 1 aromatic heterocycles. The van der Waals surface area contributed by atoms with Gasteiger partial charge in [-0.2, -0.15) is 13.5 Å². The lowest BCUT2D eigenvalue weighted by molar-refractivity contribution is -0.191. The quantitative estimate of drug-likeness (QED) is 0.511. The maximum atomic E-state index is 10.5. The molecule has 0 saturated carbocycles. The van der Waals surface area contributed by atoms with Gasteiger partial charge >= 0.3 is 0 Å². The van der Waals surface area contributed by atoms with Gasteiger partial charge in [-0.3, -0.25) is 4.55 Å². The van der Waals surface area contributed by atoms with Gasteiger partial charge in [0.05, 0.1) is 23.1 Å². The van der Waals surface area contributed by atoms with E-state index in [1.165, 1.54) is 18.5 Å². The minimum Gasteiger partial charge on any atom is -0.394 e. The Balaban J connectivity index is 0.000000222. The van der Waals surface area contributed by atoms with Gasteiger partial charge in [0.15, 0.2) is 0 Å². The van der Waals surface area contributed by atoms with Crippen LogP contribution in [0.15, 0.2) is 60.0 Å². The lowest BCUT2D eigenvalue weighted by atomic mass is 10.1. The smallest absolute Gasteiger partial charge is 0.294 e. The number of hydrogen-bond donors (Lipinski definition) is 2. The monoisotopic (exact) mass is 501 g/mol. The van der Waals surface area contributed by atoms with Gasteiger partial charge in [0, 0.05) is 10.6 Å². The second-order valence-electron chi connectivity index (χ2n) is 6.99. The number of aromatic nitrogens is 3. The van der Waals surface area contributed by atoms with Crippen LogP contribution in [0.2, 0.25) is 10.0 Å². The van der Waals surface area contributed by atoms with Crippen LogP contribution in [0.1, 0.15) is 11.1 Å². The van der Waals surface area contributed by atoms with Gasteiger partial charge in [0.25, 0.3) is 10.1 Å². The van der Waals surface area contributed by atoms with Crippen LogP contribution in [0.5, 0.6) is 0 Å². The van der Waals surface area contributed by atoms with Crippen molar-refractivity contribution < 1.29 is 27.6 Å². The molecule has 12 heteroatoms. The Morgan fingerprint density at radius 1 is 1.22 bits per heavy atom. The Hall–Kier alpha value is -2.05. The largest absolute Gasteiger partial charge is 0.394 e. The molecule has 9 nitrogen and oxygen atoms in total. The minimum absolute atomic E-state index is 0.0666. The summed E-state index contributed by atoms with van der Waals surface area (Å²) in [6.07, 6.45) is 2.57. The summed E-state index contributed by atoms with van der Waals surface area (Å²) in [6.45, 7) is 2.24. The number of halogens is 2. The third kappa shape index (κ3) is 6.04. The molecular weight excluding hydrogens is 481 g/mol. The Morgan fingerprint density at radius 2 is 1.94 bits per heavy atom. The van der Waals surface area contributed by atoms with Crippen molar-refractivity contribution in [2.24, 2.45) is 0 Å². The van der Waals surface area contributed by atoms with E-state index in [4.69, 9.17) is 37.2 Å². The molecule has 1 aliphatic rings. The van der Waals surface area contributed by atoms with Gasteiger partial charge in [-0.15, -0.1) is 0 Å². The van der Waals surface area contributed by atoms with Crippen LogP contribution in [0.25, 0.3) is 0 Å². The highest BCUT2D eigenvalue weighted by Crippen LogP contribution is 2.40. The molecule has 3 aromatic rings. The number of nitrogens with zero attached hydrogens (tertiary/aromatic N) is 3. The van der Waals surface area contributed by atoms with Crippen molar-refractivity contribution >= 4 is 33.3 Å². The molecule has 172 valence electrons. The van der Waals surface area contributed by atoms with Gasteiger partial charge in [-0.1, -0.05) is 47.0 Å². The van der Waals surface area contributed by atoms with E-state index in [2.05, 4.69) is 10.1 Å². The molecule has 1 aliphatic heterocycles. The zero-order chi connectivity index (χ0) is 23.4. The molecule has 0 radical (unpaired) electrons. The molecule has 0 aliphatic carbocycles. The number of benzene rings is 2. The molecule has 32 heavy (non-hydrogen) atoms. The average molecular weight is 502 g/mol. The summed E-state index contributed by atoms with van der Waals surface area (Å²) in [6, 6.07) is 11.1. The van der Waals surface area contributed by atoms with E-state index >= 15 is 0 Å². The molecule has 4 rings (SSSR count). The van der Waals surface area contributed by atoms with Gasteiger partial charge in [0.2, 0.25) is 5.79 Å². The van der Waals surface area contributed by atoms with E-state index < -0.39 is 22.0 Å². The second kappa shape index (κ2) is 10.3. The number of aliphatic hydroxyl groups is 1. The number of hydrogen-bond acceptors (Lipinski definition) is 7. The first-order valence-electron chi connectivity index (χ1n) is 9.38. The first-order chi connectivity index (χ1) is 15.1. The van der Waals surface area contributed by atoms with E-state index in [1.807, 2.05) is 6.92 Å². The van der Waals surface area contributed by atoms with E-state index in [-0.39, 0.29) is 24.7 Å². The SMILES string of the molecule is Cc1ccc(S(=O)(=O)O)cc1.OCC1COC(Cn2cncn2)(c2ccc(Cl)cc2Cl)O1. The van der Waals surface area contributed by atoms with E-state index in [0.717, 1.165) is 5.56 Å². The summed E-state index contributed by atoms with van der Waals surface area (Å²) in [4.78, 5) is 3.84. The summed E-state index contributed by atoms with van der Waals surface area (Å²) < 4.78 is 42.9. The summed E-state index contributed by atoms with van der Waals surface area (Å²) in [5.74, 6) is -1.12. The van der Waals surface area contributed by atoms with Crippen LogP contribution in [-0.2, 0) is 31.9 Å². The average Bonchev–Trinajstić information content (AvgIpc) is 3.39. The minimum atomic E-state index is -4.02. The van der Waals surface area contributed by atoms with Crippen molar-refractivity contribution in [2.75, 3.05) is 13.2 Å². The van der Waals surface area contributed by atoms with E-state index in [9.17, 15) is 13.5 Å². The van der Waals surface area contributed by atoms with Crippen molar-refractivity contribution in [3.63, 3.8) is 0 Å². The molecule has 0 spiro atoms. The fraction of sp³-hybridized carbons (Fsp3) is 0.300. The van der Waals surface area contributed by atoms with E-state index in [0.29, 0.717) is 15.6 Å². The summed E-state index contributed by atoms with van der Waals surface area (Å²) >= 11 is 12.2. The van der Waals surface area contributed by atoms with Crippen LogP contribution in [0, 0.1) is 6.92 Å². The van der Waals surface area contributed by atoms with Gasteiger partial charge < -0.3 is 14.6 Å². The van der Waals surface area contributed by atoms with Gasteiger partial charge in [-0.05, 0) is 31.2 Å². The van der Waals surface area contributed by atoms with Crippen molar-refractivity contribution in [3.8, 4) is 0 Å². The summed E-state index contributed by atoms with van der Waals surface area (Å²) in [7, 11) is -4.02. The predicted molar refractivity (Wildman–Crippen MR) is 117 cm³/mol. The molecule has 1 fully saturated rings. The van der Waals surface area contributed by atoms with Gasteiger partial charge in [-0.25, -0.2) is 9.67 Å². The number of aliphatic hydroxyl groups excluding tert-OH is 1. The van der Waals surface area contributed by atoms with Crippen LogP contribution in [0.4, 0.5) is 0 Å². The second-order valence-corrected chi connectivity index (χ2v) is 9.26. The van der Waals surface area contributed by atoms with Crippen LogP contribution in [-0.4, -0.2) is 52.2 Å².